The molecule has 1 aromatic heterocycles. The van der Waals surface area contributed by atoms with Gasteiger partial charge >= 0.3 is 0 Å². The maximum Gasteiger partial charge on any atom is 0.0934 e. The molecule has 1 aromatic rings. The average Bonchev–Trinajstić information content (AvgIpc) is 2.73. The van der Waals surface area contributed by atoms with Gasteiger partial charge < -0.3 is 5.11 Å². The number of rotatable bonds is 3. The SMILES string of the molecule is CC(C)(C)c1csc(CC2(CO)CC2)n1. The highest BCUT2D eigenvalue weighted by Gasteiger charge is 2.42. The Labute approximate surface area is 95.4 Å². The van der Waals surface area contributed by atoms with E-state index in [1.165, 1.54) is 10.7 Å². The van der Waals surface area contributed by atoms with Crippen LogP contribution in [0.5, 0.6) is 0 Å². The fourth-order valence-electron chi connectivity index (χ4n) is 1.62. The van der Waals surface area contributed by atoms with Gasteiger partial charge in [0.1, 0.15) is 0 Å². The van der Waals surface area contributed by atoms with Crippen LogP contribution in [-0.4, -0.2) is 16.7 Å². The molecule has 0 aliphatic heterocycles. The molecule has 1 saturated carbocycles. The molecular weight excluding hydrogens is 206 g/mol. The van der Waals surface area contributed by atoms with Gasteiger partial charge in [0, 0.05) is 23.8 Å². The number of aliphatic hydroxyl groups is 1. The molecule has 1 N–H and O–H groups in total. The summed E-state index contributed by atoms with van der Waals surface area (Å²) in [7, 11) is 0. The van der Waals surface area contributed by atoms with Crippen molar-refractivity contribution in [2.75, 3.05) is 6.61 Å². The lowest BCUT2D eigenvalue weighted by atomic mass is 9.93. The first-order valence-electron chi connectivity index (χ1n) is 5.51. The normalized spacial score (nSPS) is 19.2. The second kappa shape index (κ2) is 3.56. The second-order valence-corrected chi connectivity index (χ2v) is 6.65. The van der Waals surface area contributed by atoms with Crippen LogP contribution in [0.1, 0.15) is 44.3 Å². The Morgan fingerprint density at radius 1 is 1.47 bits per heavy atom. The highest BCUT2D eigenvalue weighted by Crippen LogP contribution is 2.48. The first kappa shape index (κ1) is 11.1. The summed E-state index contributed by atoms with van der Waals surface area (Å²) in [4.78, 5) is 4.66. The van der Waals surface area contributed by atoms with Crippen LogP contribution in [0.2, 0.25) is 0 Å². The van der Waals surface area contributed by atoms with E-state index in [2.05, 4.69) is 31.1 Å². The van der Waals surface area contributed by atoms with Crippen LogP contribution in [-0.2, 0) is 11.8 Å². The molecule has 0 radical (unpaired) electrons. The number of aromatic nitrogens is 1. The number of hydrogen-bond acceptors (Lipinski definition) is 3. The van der Waals surface area contributed by atoms with E-state index in [1.54, 1.807) is 11.3 Å². The van der Waals surface area contributed by atoms with Crippen molar-refractivity contribution in [2.45, 2.75) is 45.4 Å². The van der Waals surface area contributed by atoms with Gasteiger partial charge in [-0.25, -0.2) is 4.98 Å². The van der Waals surface area contributed by atoms with Crippen LogP contribution < -0.4 is 0 Å². The molecule has 84 valence electrons. The summed E-state index contributed by atoms with van der Waals surface area (Å²) in [6.45, 7) is 6.87. The van der Waals surface area contributed by atoms with Gasteiger partial charge in [0.25, 0.3) is 0 Å². The number of aliphatic hydroxyl groups excluding tert-OH is 1. The average molecular weight is 225 g/mol. The molecule has 0 spiro atoms. The van der Waals surface area contributed by atoms with Crippen molar-refractivity contribution in [3.63, 3.8) is 0 Å². The van der Waals surface area contributed by atoms with Crippen molar-refractivity contribution in [1.29, 1.82) is 0 Å². The molecule has 1 heterocycles. The Balaban J connectivity index is 2.08. The second-order valence-electron chi connectivity index (χ2n) is 5.71. The standard InChI is InChI=1S/C12H19NOS/c1-11(2,3)9-7-15-10(13-9)6-12(8-14)4-5-12/h7,14H,4-6,8H2,1-3H3. The molecule has 0 aromatic carbocycles. The summed E-state index contributed by atoms with van der Waals surface area (Å²) in [5.74, 6) is 0. The van der Waals surface area contributed by atoms with Crippen molar-refractivity contribution in [3.8, 4) is 0 Å². The minimum Gasteiger partial charge on any atom is -0.396 e. The van der Waals surface area contributed by atoms with E-state index in [4.69, 9.17) is 0 Å². The lowest BCUT2D eigenvalue weighted by molar-refractivity contribution is 0.211. The van der Waals surface area contributed by atoms with Crippen molar-refractivity contribution in [3.05, 3.63) is 16.1 Å². The molecular formula is C12H19NOS. The van der Waals surface area contributed by atoms with Gasteiger partial charge in [-0.1, -0.05) is 20.8 Å². The van der Waals surface area contributed by atoms with E-state index in [-0.39, 0.29) is 10.8 Å². The zero-order chi connectivity index (χ0) is 11.1. The highest BCUT2D eigenvalue weighted by atomic mass is 32.1. The molecule has 0 atom stereocenters. The van der Waals surface area contributed by atoms with Crippen LogP contribution in [0.3, 0.4) is 0 Å². The molecule has 1 aliphatic rings. The van der Waals surface area contributed by atoms with Gasteiger partial charge in [0.05, 0.1) is 10.7 Å². The van der Waals surface area contributed by atoms with E-state index in [9.17, 15) is 5.11 Å². The summed E-state index contributed by atoms with van der Waals surface area (Å²) >= 11 is 1.74. The maximum atomic E-state index is 9.26. The Hall–Kier alpha value is -0.410. The van der Waals surface area contributed by atoms with Crippen molar-refractivity contribution in [2.24, 2.45) is 5.41 Å². The van der Waals surface area contributed by atoms with Gasteiger partial charge in [-0.15, -0.1) is 11.3 Å². The van der Waals surface area contributed by atoms with Crippen LogP contribution in [0.4, 0.5) is 0 Å². The topological polar surface area (TPSA) is 33.1 Å². The van der Waals surface area contributed by atoms with Crippen LogP contribution in [0, 0.1) is 5.41 Å². The lowest BCUT2D eigenvalue weighted by Gasteiger charge is -2.14. The molecule has 1 fully saturated rings. The van der Waals surface area contributed by atoms with E-state index < -0.39 is 0 Å². The van der Waals surface area contributed by atoms with Gasteiger partial charge in [0.2, 0.25) is 0 Å². The third kappa shape index (κ3) is 2.40. The molecule has 0 bridgehead atoms. The summed E-state index contributed by atoms with van der Waals surface area (Å²) in [5, 5.41) is 12.6. The van der Waals surface area contributed by atoms with Gasteiger partial charge in [-0.05, 0) is 18.3 Å². The maximum absolute atomic E-state index is 9.26. The molecule has 3 heteroatoms. The summed E-state index contributed by atoms with van der Waals surface area (Å²) in [6.07, 6.45) is 3.28. The molecule has 1 aliphatic carbocycles. The third-order valence-corrected chi connectivity index (χ3v) is 3.99. The van der Waals surface area contributed by atoms with Crippen LogP contribution in [0.25, 0.3) is 0 Å². The summed E-state index contributed by atoms with van der Waals surface area (Å²) < 4.78 is 0. The Morgan fingerprint density at radius 3 is 2.53 bits per heavy atom. The van der Waals surface area contributed by atoms with Gasteiger partial charge in [0.15, 0.2) is 0 Å². The first-order valence-corrected chi connectivity index (χ1v) is 6.39. The quantitative estimate of drug-likeness (QED) is 0.858. The van der Waals surface area contributed by atoms with Crippen molar-refractivity contribution >= 4 is 11.3 Å². The first-order chi connectivity index (χ1) is 6.95. The molecule has 0 amide bonds. The molecule has 2 nitrogen and oxygen atoms in total. The fraction of sp³-hybridized carbons (Fsp3) is 0.750. The minimum atomic E-state index is 0.144. The zero-order valence-electron chi connectivity index (χ0n) is 9.71. The van der Waals surface area contributed by atoms with Gasteiger partial charge in [-0.3, -0.25) is 0 Å². The lowest BCUT2D eigenvalue weighted by Crippen LogP contribution is -2.13. The predicted molar refractivity (Wildman–Crippen MR) is 63.3 cm³/mol. The Kier molecular flexibility index (Phi) is 2.63. The van der Waals surface area contributed by atoms with E-state index >= 15 is 0 Å². The Morgan fingerprint density at radius 2 is 2.13 bits per heavy atom. The summed E-state index contributed by atoms with van der Waals surface area (Å²) in [5.41, 5.74) is 1.51. The van der Waals surface area contributed by atoms with Crippen LogP contribution >= 0.6 is 11.3 Å². The van der Waals surface area contributed by atoms with Gasteiger partial charge in [-0.2, -0.15) is 0 Å². The van der Waals surface area contributed by atoms with E-state index in [1.807, 2.05) is 0 Å². The van der Waals surface area contributed by atoms with Crippen LogP contribution in [0.15, 0.2) is 5.38 Å². The van der Waals surface area contributed by atoms with Crippen molar-refractivity contribution in [1.82, 2.24) is 4.98 Å². The fourth-order valence-corrected chi connectivity index (χ4v) is 2.82. The molecule has 0 unspecified atom stereocenters. The number of nitrogens with zero attached hydrogens (tertiary/aromatic N) is 1. The Bertz CT molecular complexity index is 347. The minimum absolute atomic E-state index is 0.144. The highest BCUT2D eigenvalue weighted by molar-refractivity contribution is 7.09. The zero-order valence-corrected chi connectivity index (χ0v) is 10.5. The summed E-state index contributed by atoms with van der Waals surface area (Å²) in [6, 6.07) is 0. The molecule has 15 heavy (non-hydrogen) atoms. The van der Waals surface area contributed by atoms with E-state index in [0.29, 0.717) is 6.61 Å². The number of hydrogen-bond donors (Lipinski definition) is 1. The van der Waals surface area contributed by atoms with Crippen molar-refractivity contribution < 1.29 is 5.11 Å². The third-order valence-electron chi connectivity index (χ3n) is 3.14. The monoisotopic (exact) mass is 225 g/mol. The molecule has 2 rings (SSSR count). The largest absolute Gasteiger partial charge is 0.396 e. The smallest absolute Gasteiger partial charge is 0.0934 e. The number of thiazole rings is 1. The van der Waals surface area contributed by atoms with E-state index in [0.717, 1.165) is 19.3 Å². The predicted octanol–water partition coefficient (Wildman–Crippen LogP) is 2.76. The molecule has 0 saturated heterocycles.